The van der Waals surface area contributed by atoms with Crippen LogP contribution >= 0.6 is 12.2 Å². The monoisotopic (exact) mass is 305 g/mol. The number of fused-ring (bicyclic) bond motifs is 1. The average Bonchev–Trinajstić information content (AvgIpc) is 2.93. The van der Waals surface area contributed by atoms with Gasteiger partial charge in [0.05, 0.1) is 18.7 Å². The molecule has 0 fully saturated rings. The Morgan fingerprint density at radius 1 is 1.38 bits per heavy atom. The van der Waals surface area contributed by atoms with Crippen molar-refractivity contribution in [2.75, 3.05) is 18.5 Å². The van der Waals surface area contributed by atoms with Crippen molar-refractivity contribution < 1.29 is 19.1 Å². The molecule has 0 unspecified atom stereocenters. The number of aromatic amines is 1. The smallest absolute Gasteiger partial charge is 0.277 e. The molecular formula is C13H11N3O4S. The first-order chi connectivity index (χ1) is 10.1. The number of aliphatic hydroxyl groups excluding tert-OH is 1. The number of hydrogen-bond acceptors (Lipinski definition) is 6. The van der Waals surface area contributed by atoms with E-state index < -0.39 is 11.8 Å². The van der Waals surface area contributed by atoms with Gasteiger partial charge in [-0.05, 0) is 24.4 Å². The third-order valence-electron chi connectivity index (χ3n) is 3.03. The van der Waals surface area contributed by atoms with Crippen LogP contribution in [0, 0.1) is 4.84 Å². The summed E-state index contributed by atoms with van der Waals surface area (Å²) in [5.74, 6) is -0.916. The Bertz CT molecular complexity index is 820. The zero-order valence-corrected chi connectivity index (χ0v) is 11.6. The molecule has 21 heavy (non-hydrogen) atoms. The highest BCUT2D eigenvalue weighted by atomic mass is 32.1. The molecule has 0 radical (unpaired) electrons. The van der Waals surface area contributed by atoms with Crippen LogP contribution in [0.3, 0.4) is 0 Å². The average molecular weight is 305 g/mol. The van der Waals surface area contributed by atoms with Gasteiger partial charge >= 0.3 is 0 Å². The number of aliphatic hydroxyl groups is 1. The van der Waals surface area contributed by atoms with Crippen LogP contribution in [0.4, 0.5) is 5.69 Å². The molecule has 0 spiro atoms. The number of H-pyrrole nitrogens is 1. The summed E-state index contributed by atoms with van der Waals surface area (Å²) in [6.07, 6.45) is 1.20. The number of aromatic nitrogens is 1. The quantitative estimate of drug-likeness (QED) is 0.579. The minimum absolute atomic E-state index is 0.0230. The van der Waals surface area contributed by atoms with Crippen LogP contribution in [0.5, 0.6) is 0 Å². The highest BCUT2D eigenvalue weighted by Crippen LogP contribution is 2.22. The second kappa shape index (κ2) is 5.15. The van der Waals surface area contributed by atoms with Crippen molar-refractivity contribution in [3.8, 4) is 0 Å². The number of β-amino-alcohol motifs (C(OH)–C–C–N with tert-alkyl or cyclic N) is 1. The van der Waals surface area contributed by atoms with Crippen molar-refractivity contribution in [3.05, 3.63) is 34.8 Å². The molecule has 0 saturated carbocycles. The molecule has 0 bridgehead atoms. The summed E-state index contributed by atoms with van der Waals surface area (Å²) >= 11 is 4.90. The standard InChI is InChI=1S/C13H11N3O4S/c17-4-3-16-11(18)6-9(12(16)19)14-7-1-2-8-10(5-7)20-13(21)15-8/h1-2,5-6,14,17H,3-4H2,(H,15,21). The van der Waals surface area contributed by atoms with Gasteiger partial charge in [-0.1, -0.05) is 0 Å². The number of amides is 2. The minimum Gasteiger partial charge on any atom is -0.429 e. The number of imide groups is 1. The summed E-state index contributed by atoms with van der Waals surface area (Å²) < 4.78 is 5.29. The summed E-state index contributed by atoms with van der Waals surface area (Å²) in [6.45, 7) is -0.292. The summed E-state index contributed by atoms with van der Waals surface area (Å²) in [5.41, 5.74) is 2.05. The fourth-order valence-corrected chi connectivity index (χ4v) is 2.29. The van der Waals surface area contributed by atoms with E-state index >= 15 is 0 Å². The van der Waals surface area contributed by atoms with Gasteiger partial charge < -0.3 is 19.8 Å². The maximum absolute atomic E-state index is 12.0. The second-order valence-electron chi connectivity index (χ2n) is 4.43. The largest absolute Gasteiger partial charge is 0.429 e. The van der Waals surface area contributed by atoms with Gasteiger partial charge in [-0.15, -0.1) is 0 Å². The number of benzene rings is 1. The van der Waals surface area contributed by atoms with Gasteiger partial charge in [-0.25, -0.2) is 0 Å². The number of rotatable bonds is 4. The number of hydrogen-bond donors (Lipinski definition) is 3. The van der Waals surface area contributed by atoms with Crippen LogP contribution in [-0.4, -0.2) is 40.0 Å². The SMILES string of the molecule is O=C1C=C(Nc2ccc3[nH]c(=S)oc3c2)C(=O)N1CCO. The van der Waals surface area contributed by atoms with Crippen LogP contribution in [0.2, 0.25) is 0 Å². The minimum atomic E-state index is -0.468. The fourth-order valence-electron chi connectivity index (χ4n) is 2.09. The molecule has 3 N–H and O–H groups in total. The van der Waals surface area contributed by atoms with E-state index in [-0.39, 0.29) is 23.7 Å². The van der Waals surface area contributed by atoms with Crippen molar-refractivity contribution in [1.29, 1.82) is 0 Å². The van der Waals surface area contributed by atoms with Crippen molar-refractivity contribution in [1.82, 2.24) is 9.88 Å². The molecule has 2 aromatic rings. The van der Waals surface area contributed by atoms with E-state index in [1.54, 1.807) is 18.2 Å². The molecule has 0 aliphatic carbocycles. The number of oxazole rings is 1. The summed E-state index contributed by atoms with van der Waals surface area (Å²) in [4.78, 5) is 27.7. The predicted octanol–water partition coefficient (Wildman–Crippen LogP) is 1.15. The number of anilines is 1. The fraction of sp³-hybridized carbons (Fsp3) is 0.154. The van der Waals surface area contributed by atoms with Gasteiger partial charge in [0.15, 0.2) is 5.58 Å². The number of carbonyl (C=O) groups is 2. The van der Waals surface area contributed by atoms with Crippen molar-refractivity contribution in [2.24, 2.45) is 0 Å². The maximum Gasteiger partial charge on any atom is 0.277 e. The van der Waals surface area contributed by atoms with Gasteiger partial charge in [0.25, 0.3) is 16.7 Å². The molecular weight excluding hydrogens is 294 g/mol. The van der Waals surface area contributed by atoms with E-state index in [2.05, 4.69) is 10.3 Å². The zero-order valence-electron chi connectivity index (χ0n) is 10.8. The predicted molar refractivity (Wildman–Crippen MR) is 76.9 cm³/mol. The van der Waals surface area contributed by atoms with Crippen LogP contribution < -0.4 is 5.32 Å². The van der Waals surface area contributed by atoms with E-state index in [1.165, 1.54) is 6.08 Å². The Balaban J connectivity index is 1.85. The molecule has 1 aromatic heterocycles. The van der Waals surface area contributed by atoms with Crippen LogP contribution in [-0.2, 0) is 9.59 Å². The van der Waals surface area contributed by atoms with Gasteiger partial charge in [0.1, 0.15) is 5.70 Å². The Hall–Kier alpha value is -2.45. The molecule has 2 amide bonds. The normalized spacial score (nSPS) is 14.9. The Labute approximate surface area is 123 Å². The highest BCUT2D eigenvalue weighted by molar-refractivity contribution is 7.71. The van der Waals surface area contributed by atoms with Gasteiger partial charge in [-0.3, -0.25) is 14.5 Å². The number of nitrogens with zero attached hydrogens (tertiary/aromatic N) is 1. The first kappa shape index (κ1) is 13.5. The van der Waals surface area contributed by atoms with Crippen molar-refractivity contribution in [2.45, 2.75) is 0 Å². The Morgan fingerprint density at radius 3 is 2.95 bits per heavy atom. The summed E-state index contributed by atoms with van der Waals surface area (Å²) in [7, 11) is 0. The van der Waals surface area contributed by atoms with Crippen LogP contribution in [0.15, 0.2) is 34.4 Å². The molecule has 1 aromatic carbocycles. The zero-order chi connectivity index (χ0) is 15.0. The number of carbonyl (C=O) groups excluding carboxylic acids is 2. The van der Waals surface area contributed by atoms with Gasteiger partial charge in [-0.2, -0.15) is 0 Å². The molecule has 1 aliphatic heterocycles. The molecule has 2 heterocycles. The lowest BCUT2D eigenvalue weighted by Crippen LogP contribution is -2.34. The van der Waals surface area contributed by atoms with Crippen molar-refractivity contribution >= 4 is 40.8 Å². The summed E-state index contributed by atoms with van der Waals surface area (Å²) in [5, 5.41) is 11.7. The highest BCUT2D eigenvalue weighted by Gasteiger charge is 2.30. The van der Waals surface area contributed by atoms with E-state index in [0.29, 0.717) is 11.3 Å². The molecule has 7 nitrogen and oxygen atoms in total. The van der Waals surface area contributed by atoms with Crippen LogP contribution in [0.1, 0.15) is 0 Å². The molecule has 3 rings (SSSR count). The lowest BCUT2D eigenvalue weighted by molar-refractivity contribution is -0.137. The molecule has 8 heteroatoms. The summed E-state index contributed by atoms with van der Waals surface area (Å²) in [6, 6.07) is 5.16. The number of nitrogens with one attached hydrogen (secondary N) is 2. The second-order valence-corrected chi connectivity index (χ2v) is 4.80. The molecule has 1 aliphatic rings. The van der Waals surface area contributed by atoms with E-state index in [1.807, 2.05) is 0 Å². The van der Waals surface area contributed by atoms with Gasteiger partial charge in [0.2, 0.25) is 0 Å². The first-order valence-corrected chi connectivity index (χ1v) is 6.57. The molecule has 0 atom stereocenters. The lowest BCUT2D eigenvalue weighted by Gasteiger charge is -2.13. The maximum atomic E-state index is 12.0. The van der Waals surface area contributed by atoms with Gasteiger partial charge in [0, 0.05) is 17.8 Å². The lowest BCUT2D eigenvalue weighted by atomic mass is 10.2. The first-order valence-electron chi connectivity index (χ1n) is 6.17. The van der Waals surface area contributed by atoms with E-state index in [9.17, 15) is 9.59 Å². The Kier molecular flexibility index (Phi) is 3.32. The topological polar surface area (TPSA) is 98.6 Å². The third-order valence-corrected chi connectivity index (χ3v) is 3.22. The van der Waals surface area contributed by atoms with Crippen LogP contribution in [0.25, 0.3) is 11.1 Å². The van der Waals surface area contributed by atoms with E-state index in [0.717, 1.165) is 10.4 Å². The third kappa shape index (κ3) is 2.46. The molecule has 0 saturated heterocycles. The van der Waals surface area contributed by atoms with Crippen molar-refractivity contribution in [3.63, 3.8) is 0 Å². The molecule has 108 valence electrons. The van der Waals surface area contributed by atoms with E-state index in [4.69, 9.17) is 21.7 Å². The Morgan fingerprint density at radius 2 is 2.19 bits per heavy atom.